The number of fused-ring (bicyclic) bond motifs is 31. The minimum atomic E-state index is 0.0495. The lowest BCUT2D eigenvalue weighted by atomic mass is 9.80. The molecule has 150 heavy (non-hydrogen) atoms. The fourth-order valence-corrected chi connectivity index (χ4v) is 23.1. The van der Waals surface area contributed by atoms with Crippen LogP contribution in [0.15, 0.2) is 400 Å². The molecule has 0 unspecified atom stereocenters. The van der Waals surface area contributed by atoms with E-state index in [2.05, 4.69) is 483 Å². The maximum Gasteiger partial charge on any atom is 0.0165 e. The summed E-state index contributed by atoms with van der Waals surface area (Å²) in [7, 11) is 0. The number of hydrogen-bond donors (Lipinski definition) is 0. The van der Waals surface area contributed by atoms with Crippen molar-refractivity contribution in [2.45, 2.75) is 282 Å². The van der Waals surface area contributed by atoms with Gasteiger partial charge < -0.3 is 0 Å². The van der Waals surface area contributed by atoms with Crippen LogP contribution < -0.4 is 0 Å². The Kier molecular flexibility index (Phi) is 41.6. The van der Waals surface area contributed by atoms with Gasteiger partial charge in [0.05, 0.1) is 0 Å². The number of hydrogen-bond acceptors (Lipinski definition) is 0. The second kappa shape index (κ2) is 52.9. The fraction of sp³-hybridized carbons (Fsp3) is 0.280. The highest BCUT2D eigenvalue weighted by molar-refractivity contribution is 6.10. The molecule has 0 aromatic heterocycles. The highest BCUT2D eigenvalue weighted by Gasteiger charge is 2.42. The Morgan fingerprint density at radius 1 is 0.107 bits per heavy atom. The summed E-state index contributed by atoms with van der Waals surface area (Å²) < 4.78 is 0. The van der Waals surface area contributed by atoms with Gasteiger partial charge in [-0.1, -0.05) is 589 Å². The van der Waals surface area contributed by atoms with Gasteiger partial charge in [-0.2, -0.15) is 0 Å². The molecule has 0 fully saturated rings. The van der Waals surface area contributed by atoms with Crippen molar-refractivity contribution in [2.24, 2.45) is 0 Å². The molecule has 6 aliphatic carbocycles. The van der Waals surface area contributed by atoms with E-state index in [1.165, 1.54) is 230 Å². The quantitative estimate of drug-likeness (QED) is 0.133. The second-order valence-electron chi connectivity index (χ2n) is 38.9. The Bertz CT molecular complexity index is 8010. The van der Waals surface area contributed by atoms with Crippen LogP contribution in [0.3, 0.4) is 0 Å². The zero-order valence-corrected chi connectivity index (χ0v) is 98.1. The molecule has 6 aliphatic rings. The van der Waals surface area contributed by atoms with E-state index in [1.54, 1.807) is 0 Å². The van der Waals surface area contributed by atoms with E-state index in [1.807, 2.05) is 166 Å². The van der Waals surface area contributed by atoms with Crippen LogP contribution in [-0.2, 0) is 32.5 Å². The third-order valence-corrected chi connectivity index (χ3v) is 29.6. The maximum atomic E-state index is 2.40. The van der Waals surface area contributed by atoms with E-state index in [9.17, 15) is 0 Å². The molecule has 0 amide bonds. The van der Waals surface area contributed by atoms with Crippen LogP contribution in [0.5, 0.6) is 0 Å². The predicted octanol–water partition coefficient (Wildman–Crippen LogP) is 46.7. The first-order valence-corrected chi connectivity index (χ1v) is 57.1. The van der Waals surface area contributed by atoms with Crippen molar-refractivity contribution in [1.82, 2.24) is 0 Å². The molecule has 21 aromatic carbocycles. The molecule has 0 aliphatic heterocycles. The SMILES string of the molecule is CC.CC.CC.CC.CC.CC.CC.CC.CC.CC.CC.CC.CC1(C)c2ccccc2-c2c1ccc1cc3ccccc3cc21.CC1(C)c2ccccc2-c2c1ccc1ccccc21.CC1(C)c2ccccc2-c2cc3cc4ccccc4cc3cc21.CC1(C)c2ccccc2-c2cc3ccccc3cc21.CC1(C)c2ccccc2-c2ccc3cc4ccccc4cc3c21.CC1(C)c2ccccc2-c2ccc3ccccc3c21. The number of rotatable bonds is 0. The van der Waals surface area contributed by atoms with Gasteiger partial charge in [0.15, 0.2) is 0 Å². The average molecular weight is 1980 g/mol. The van der Waals surface area contributed by atoms with Crippen molar-refractivity contribution in [3.8, 4) is 66.8 Å². The Labute approximate surface area is 906 Å². The van der Waals surface area contributed by atoms with E-state index in [4.69, 9.17) is 0 Å². The lowest BCUT2D eigenvalue weighted by Gasteiger charge is -2.23. The average Bonchev–Trinajstić information content (AvgIpc) is 1.53. The largest absolute Gasteiger partial charge is 0.0683 e. The van der Waals surface area contributed by atoms with Gasteiger partial charge in [-0.25, -0.2) is 0 Å². The molecule has 774 valence electrons. The summed E-state index contributed by atoms with van der Waals surface area (Å²) in [6, 6.07) is 147. The third-order valence-electron chi connectivity index (χ3n) is 29.6. The molecule has 0 N–H and O–H groups in total. The monoisotopic (exact) mass is 1980 g/mol. The van der Waals surface area contributed by atoms with Crippen LogP contribution in [0.2, 0.25) is 0 Å². The van der Waals surface area contributed by atoms with E-state index in [0.29, 0.717) is 0 Å². The zero-order chi connectivity index (χ0) is 110. The van der Waals surface area contributed by atoms with Gasteiger partial charge in [-0.3, -0.25) is 0 Å². The molecule has 0 saturated heterocycles. The number of benzene rings is 21. The molecule has 0 heterocycles. The van der Waals surface area contributed by atoms with Crippen LogP contribution in [-0.4, -0.2) is 0 Å². The van der Waals surface area contributed by atoms with Gasteiger partial charge in [0.25, 0.3) is 0 Å². The molecule has 27 rings (SSSR count). The van der Waals surface area contributed by atoms with Crippen LogP contribution in [0.1, 0.15) is 316 Å². The molecule has 0 atom stereocenters. The smallest absolute Gasteiger partial charge is 0.0165 e. The summed E-state index contributed by atoms with van der Waals surface area (Å²) in [5.74, 6) is 0. The Balaban J connectivity index is 0.000000177. The second-order valence-corrected chi connectivity index (χ2v) is 38.9. The molecular formula is C150H174. The molecule has 0 spiro atoms. The van der Waals surface area contributed by atoms with Gasteiger partial charge >= 0.3 is 0 Å². The van der Waals surface area contributed by atoms with Gasteiger partial charge in [0, 0.05) is 32.5 Å². The lowest BCUT2D eigenvalue weighted by Crippen LogP contribution is -2.15. The Hall–Kier alpha value is -14.0. The Morgan fingerprint density at radius 3 is 0.687 bits per heavy atom. The van der Waals surface area contributed by atoms with Crippen molar-refractivity contribution >= 4 is 97.0 Å². The van der Waals surface area contributed by atoms with Gasteiger partial charge in [0.2, 0.25) is 0 Å². The van der Waals surface area contributed by atoms with Crippen LogP contribution in [0, 0.1) is 0 Å². The lowest BCUT2D eigenvalue weighted by molar-refractivity contribution is 0.660. The molecule has 0 heteroatoms. The topological polar surface area (TPSA) is 0 Å². The molecule has 0 nitrogen and oxygen atoms in total. The summed E-state index contributed by atoms with van der Waals surface area (Å²) in [6.45, 7) is 76.0. The summed E-state index contributed by atoms with van der Waals surface area (Å²) in [5, 5.41) is 24.1. The van der Waals surface area contributed by atoms with E-state index in [-0.39, 0.29) is 32.5 Å². The summed E-state index contributed by atoms with van der Waals surface area (Å²) in [4.78, 5) is 0. The van der Waals surface area contributed by atoms with E-state index >= 15 is 0 Å². The summed E-state index contributed by atoms with van der Waals surface area (Å²) >= 11 is 0. The van der Waals surface area contributed by atoms with Crippen LogP contribution in [0.4, 0.5) is 0 Å². The van der Waals surface area contributed by atoms with E-state index < -0.39 is 0 Å². The normalized spacial score (nSPS) is 13.1. The molecule has 0 radical (unpaired) electrons. The first kappa shape index (κ1) is 118. The van der Waals surface area contributed by atoms with Crippen LogP contribution >= 0.6 is 0 Å². The van der Waals surface area contributed by atoms with Gasteiger partial charge in [-0.15, -0.1) is 0 Å². The highest BCUT2D eigenvalue weighted by atomic mass is 14.5. The molecule has 0 saturated carbocycles. The fourth-order valence-electron chi connectivity index (χ4n) is 23.1. The molecular weight excluding hydrogens is 1800 g/mol. The van der Waals surface area contributed by atoms with Gasteiger partial charge in [0.1, 0.15) is 0 Å². The Morgan fingerprint density at radius 2 is 0.313 bits per heavy atom. The van der Waals surface area contributed by atoms with Crippen molar-refractivity contribution < 1.29 is 0 Å². The predicted molar refractivity (Wildman–Crippen MR) is 678 cm³/mol. The highest BCUT2D eigenvalue weighted by Crippen LogP contribution is 2.58. The van der Waals surface area contributed by atoms with Crippen LogP contribution in [0.25, 0.3) is 164 Å². The van der Waals surface area contributed by atoms with Crippen molar-refractivity contribution in [2.75, 3.05) is 0 Å². The minimum Gasteiger partial charge on any atom is -0.0683 e. The molecule has 0 bridgehead atoms. The first-order chi connectivity index (χ1) is 73.0. The van der Waals surface area contributed by atoms with Crippen molar-refractivity contribution in [1.29, 1.82) is 0 Å². The standard InChI is InChI=1S/3C23H18.3C19H16.12C2H6/c1-23(2)21-10-6-5-9-19(21)20-13-17-11-15-7-3-4-8-16(15)12-18(17)14-22(20)23;1-23(2)20-10-6-5-9-18(20)22-19-14-16-8-4-3-7-15(16)13-17(19)11-12-21(22)23;1-23(2)21-10-6-5-9-18(21)19-12-11-17-13-15-7-3-4-8-16(15)14-20(17)22(19)23;1-19(2)17-10-6-5-9-15(17)16-11-13-7-3-4-8-14(13)12-18(16)19;1-19(2)17-10-6-5-9-15(17)16-12-11-13-7-3-4-8-14(13)18(16)19;1-19(2)16-10-6-5-9-15(16)18-14-8-4-3-7-13(14)11-12-17(18)19;12*1-2/h3*3-14H,1-2H3;3*3-12H,1-2H3;12*1-2H3. The first-order valence-electron chi connectivity index (χ1n) is 57.1. The minimum absolute atomic E-state index is 0.0495. The molecule has 21 aromatic rings. The van der Waals surface area contributed by atoms with Gasteiger partial charge in [-0.05, 0) is 291 Å². The summed E-state index contributed by atoms with van der Waals surface area (Å²) in [5.41, 5.74) is 34.7. The summed E-state index contributed by atoms with van der Waals surface area (Å²) in [6.07, 6.45) is 0. The third kappa shape index (κ3) is 22.3. The van der Waals surface area contributed by atoms with Crippen molar-refractivity contribution in [3.05, 3.63) is 467 Å². The maximum absolute atomic E-state index is 2.40. The zero-order valence-electron chi connectivity index (χ0n) is 98.1. The van der Waals surface area contributed by atoms with E-state index in [0.717, 1.165) is 0 Å². The van der Waals surface area contributed by atoms with Crippen molar-refractivity contribution in [3.63, 3.8) is 0 Å².